The van der Waals surface area contributed by atoms with Gasteiger partial charge in [-0.1, -0.05) is 13.8 Å². The topological polar surface area (TPSA) is 90.1 Å². The molecule has 1 aliphatic rings. The van der Waals surface area contributed by atoms with Gasteiger partial charge in [0, 0.05) is 23.6 Å². The molecule has 3 N–H and O–H groups in total. The van der Waals surface area contributed by atoms with E-state index in [-0.39, 0.29) is 11.8 Å². The maximum absolute atomic E-state index is 12.1. The number of aromatic nitrogens is 2. The van der Waals surface area contributed by atoms with E-state index < -0.39 is 0 Å². The molecule has 1 aromatic heterocycles. The highest BCUT2D eigenvalue weighted by Crippen LogP contribution is 2.37. The van der Waals surface area contributed by atoms with Crippen LogP contribution in [0, 0.1) is 0 Å². The Balaban J connectivity index is 2.10. The van der Waals surface area contributed by atoms with E-state index >= 15 is 0 Å². The van der Waals surface area contributed by atoms with E-state index in [1.54, 1.807) is 7.11 Å². The molecule has 1 unspecified atom stereocenters. The summed E-state index contributed by atoms with van der Waals surface area (Å²) in [6, 6.07) is 4.16. The number of fused-ring (bicyclic) bond motifs is 1. The van der Waals surface area contributed by atoms with Gasteiger partial charge in [-0.25, -0.2) is 9.97 Å². The van der Waals surface area contributed by atoms with Crippen LogP contribution in [0.3, 0.4) is 0 Å². The third-order valence-corrected chi connectivity index (χ3v) is 5.30. The lowest BCUT2D eigenvalue weighted by molar-refractivity contribution is 0.0994. The Morgan fingerprint density at radius 1 is 1.14 bits per heavy atom. The first-order chi connectivity index (χ1) is 13.5. The number of nitrogens with zero attached hydrogens (tertiary/aromatic N) is 2. The Morgan fingerprint density at radius 3 is 2.54 bits per heavy atom. The first-order valence-electron chi connectivity index (χ1n) is 10.1. The normalized spacial score (nSPS) is 14.1. The van der Waals surface area contributed by atoms with Gasteiger partial charge in [0.2, 0.25) is 0 Å². The van der Waals surface area contributed by atoms with Crippen molar-refractivity contribution < 1.29 is 9.53 Å². The summed E-state index contributed by atoms with van der Waals surface area (Å²) in [4.78, 5) is 22.0. The van der Waals surface area contributed by atoms with E-state index in [1.807, 2.05) is 6.07 Å². The van der Waals surface area contributed by atoms with Crippen molar-refractivity contribution in [3.63, 3.8) is 0 Å². The highest BCUT2D eigenvalue weighted by Gasteiger charge is 2.25. The highest BCUT2D eigenvalue weighted by molar-refractivity contribution is 6.01. The van der Waals surface area contributed by atoms with Gasteiger partial charge in [0.25, 0.3) is 0 Å². The molecule has 0 saturated carbocycles. The number of methoxy groups -OCH3 is 1. The third-order valence-electron chi connectivity index (χ3n) is 5.30. The summed E-state index contributed by atoms with van der Waals surface area (Å²) >= 11 is 0. The second kappa shape index (κ2) is 8.69. The molecular formula is C22H30N4O2. The molecule has 0 fully saturated rings. The molecule has 150 valence electrons. The van der Waals surface area contributed by atoms with Gasteiger partial charge in [-0.05, 0) is 56.8 Å². The van der Waals surface area contributed by atoms with E-state index in [0.717, 1.165) is 65.3 Å². The van der Waals surface area contributed by atoms with E-state index in [1.165, 1.54) is 0 Å². The Hall–Kier alpha value is -2.47. The molecule has 3 rings (SSSR count). The van der Waals surface area contributed by atoms with Crippen molar-refractivity contribution in [2.24, 2.45) is 5.73 Å². The number of carbonyl (C=O) groups excluding carboxylic acids is 1. The van der Waals surface area contributed by atoms with Crippen molar-refractivity contribution >= 4 is 11.6 Å². The number of anilines is 1. The molecule has 0 radical (unpaired) electrons. The predicted molar refractivity (Wildman–Crippen MR) is 112 cm³/mol. The SMILES string of the molecule is CCc1nc(-c2cc3c(cc2OC)C(=O)CC3)c(CC)nc1NC(C)CCN. The number of carbonyl (C=O) groups is 1. The van der Waals surface area contributed by atoms with Crippen molar-refractivity contribution in [1.29, 1.82) is 0 Å². The number of Topliss-reactive ketones (excluding diaryl/α,β-unsaturated/α-hetero) is 1. The summed E-state index contributed by atoms with van der Waals surface area (Å²) in [7, 11) is 1.63. The van der Waals surface area contributed by atoms with Crippen LogP contribution in [0.4, 0.5) is 5.82 Å². The summed E-state index contributed by atoms with van der Waals surface area (Å²) in [5.41, 5.74) is 11.1. The van der Waals surface area contributed by atoms with Crippen LogP contribution < -0.4 is 15.8 Å². The van der Waals surface area contributed by atoms with Gasteiger partial charge >= 0.3 is 0 Å². The average molecular weight is 383 g/mol. The minimum atomic E-state index is 0.185. The van der Waals surface area contributed by atoms with Crippen LogP contribution in [0.5, 0.6) is 5.75 Å². The summed E-state index contributed by atoms with van der Waals surface area (Å²) in [6.07, 6.45) is 3.74. The van der Waals surface area contributed by atoms with Gasteiger partial charge in [-0.2, -0.15) is 0 Å². The van der Waals surface area contributed by atoms with Crippen LogP contribution in [-0.2, 0) is 19.3 Å². The fourth-order valence-electron chi connectivity index (χ4n) is 3.71. The van der Waals surface area contributed by atoms with E-state index in [4.69, 9.17) is 20.4 Å². The number of ether oxygens (including phenoxy) is 1. The molecule has 1 heterocycles. The minimum absolute atomic E-state index is 0.185. The van der Waals surface area contributed by atoms with Gasteiger partial charge < -0.3 is 15.8 Å². The monoisotopic (exact) mass is 382 g/mol. The van der Waals surface area contributed by atoms with Crippen molar-refractivity contribution in [1.82, 2.24) is 9.97 Å². The number of nitrogens with one attached hydrogen (secondary N) is 1. The lowest BCUT2D eigenvalue weighted by atomic mass is 10.00. The van der Waals surface area contributed by atoms with Crippen molar-refractivity contribution in [3.8, 4) is 17.0 Å². The van der Waals surface area contributed by atoms with Crippen molar-refractivity contribution in [2.75, 3.05) is 19.0 Å². The fraction of sp³-hybridized carbons (Fsp3) is 0.500. The number of benzene rings is 1. The number of hydrogen-bond donors (Lipinski definition) is 2. The Kier molecular flexibility index (Phi) is 6.29. The molecule has 1 aliphatic carbocycles. The van der Waals surface area contributed by atoms with Gasteiger partial charge in [0.1, 0.15) is 11.6 Å². The lowest BCUT2D eigenvalue weighted by Gasteiger charge is -2.19. The van der Waals surface area contributed by atoms with Crippen molar-refractivity contribution in [3.05, 3.63) is 34.6 Å². The summed E-state index contributed by atoms with van der Waals surface area (Å²) < 4.78 is 5.62. The molecule has 1 aromatic carbocycles. The van der Waals surface area contributed by atoms with E-state index in [2.05, 4.69) is 32.2 Å². The molecule has 0 spiro atoms. The van der Waals surface area contributed by atoms with Crippen LogP contribution in [0.15, 0.2) is 12.1 Å². The number of aryl methyl sites for hydroxylation is 3. The van der Waals surface area contributed by atoms with Crippen LogP contribution >= 0.6 is 0 Å². The van der Waals surface area contributed by atoms with Crippen LogP contribution in [0.1, 0.15) is 60.9 Å². The number of rotatable bonds is 8. The highest BCUT2D eigenvalue weighted by atomic mass is 16.5. The zero-order chi connectivity index (χ0) is 20.3. The van der Waals surface area contributed by atoms with Crippen molar-refractivity contribution in [2.45, 2.75) is 58.9 Å². The molecule has 1 atom stereocenters. The molecule has 2 aromatic rings. The summed E-state index contributed by atoms with van der Waals surface area (Å²) in [6.45, 7) is 6.90. The first-order valence-corrected chi connectivity index (χ1v) is 10.1. The average Bonchev–Trinajstić information content (AvgIpc) is 3.06. The second-order valence-corrected chi connectivity index (χ2v) is 7.28. The van der Waals surface area contributed by atoms with Gasteiger partial charge in [-0.15, -0.1) is 0 Å². The standard InChI is InChI=1S/C22H30N4O2/c1-5-17-21(25-18(6-2)22(26-17)24-13(3)9-10-23)16-11-14-7-8-19(27)15(14)12-20(16)28-4/h11-13H,5-10,23H2,1-4H3,(H,24,26). The number of hydrogen-bond acceptors (Lipinski definition) is 6. The molecule has 0 bridgehead atoms. The first kappa shape index (κ1) is 20.3. The van der Waals surface area contributed by atoms with Gasteiger partial charge in [-0.3, -0.25) is 4.79 Å². The molecular weight excluding hydrogens is 352 g/mol. The molecule has 6 heteroatoms. The van der Waals surface area contributed by atoms with E-state index in [0.29, 0.717) is 18.7 Å². The maximum Gasteiger partial charge on any atom is 0.163 e. The molecule has 0 amide bonds. The number of nitrogens with two attached hydrogens (primary N) is 1. The second-order valence-electron chi connectivity index (χ2n) is 7.28. The molecule has 0 aliphatic heterocycles. The lowest BCUT2D eigenvalue weighted by Crippen LogP contribution is -2.22. The third kappa shape index (κ3) is 3.87. The molecule has 0 saturated heterocycles. The Morgan fingerprint density at radius 2 is 1.89 bits per heavy atom. The van der Waals surface area contributed by atoms with Crippen LogP contribution in [0.2, 0.25) is 0 Å². The zero-order valence-corrected chi connectivity index (χ0v) is 17.3. The van der Waals surface area contributed by atoms with Crippen LogP contribution in [-0.4, -0.2) is 35.4 Å². The quantitative estimate of drug-likeness (QED) is 0.725. The van der Waals surface area contributed by atoms with Gasteiger partial charge in [0.05, 0.1) is 24.2 Å². The smallest absolute Gasteiger partial charge is 0.163 e. The minimum Gasteiger partial charge on any atom is -0.496 e. The zero-order valence-electron chi connectivity index (χ0n) is 17.3. The predicted octanol–water partition coefficient (Wildman–Crippen LogP) is 3.56. The summed E-state index contributed by atoms with van der Waals surface area (Å²) in [5.74, 6) is 1.70. The van der Waals surface area contributed by atoms with Crippen LogP contribution in [0.25, 0.3) is 11.3 Å². The maximum atomic E-state index is 12.1. The largest absolute Gasteiger partial charge is 0.496 e. The fourth-order valence-corrected chi connectivity index (χ4v) is 3.71. The summed E-state index contributed by atoms with van der Waals surface area (Å²) in [5, 5.41) is 3.46. The van der Waals surface area contributed by atoms with E-state index in [9.17, 15) is 4.79 Å². The molecule has 28 heavy (non-hydrogen) atoms. The Bertz CT molecular complexity index is 879. The number of ketones is 1. The van der Waals surface area contributed by atoms with Gasteiger partial charge in [0.15, 0.2) is 5.78 Å². The molecule has 6 nitrogen and oxygen atoms in total. The Labute approximate surface area is 166 Å².